The highest BCUT2D eigenvalue weighted by atomic mass is 19.4. The lowest BCUT2D eigenvalue weighted by molar-refractivity contribution is -0.130. The van der Waals surface area contributed by atoms with Gasteiger partial charge in [0, 0.05) is 17.8 Å². The second-order valence-electron chi connectivity index (χ2n) is 6.44. The molecule has 5 nitrogen and oxygen atoms in total. The molecule has 2 N–H and O–H groups in total. The van der Waals surface area contributed by atoms with Crippen molar-refractivity contribution in [3.63, 3.8) is 0 Å². The molecule has 2 rings (SSSR count). The van der Waals surface area contributed by atoms with Crippen LogP contribution >= 0.6 is 0 Å². The summed E-state index contributed by atoms with van der Waals surface area (Å²) in [5.41, 5.74) is -0.840. The smallest absolute Gasteiger partial charge is 0.420 e. The van der Waals surface area contributed by atoms with Crippen LogP contribution in [0.1, 0.15) is 30.2 Å². The fourth-order valence-electron chi connectivity index (χ4n) is 3.07. The van der Waals surface area contributed by atoms with E-state index in [1.165, 1.54) is 11.8 Å². The van der Waals surface area contributed by atoms with Crippen LogP contribution in [0.15, 0.2) is 46.0 Å². The molecule has 0 spiro atoms. The molecular weight excluding hydrogens is 361 g/mol. The highest BCUT2D eigenvalue weighted by molar-refractivity contribution is 6.00. The van der Waals surface area contributed by atoms with Gasteiger partial charge in [-0.05, 0) is 50.5 Å². The van der Waals surface area contributed by atoms with Gasteiger partial charge < -0.3 is 15.0 Å². The van der Waals surface area contributed by atoms with Crippen molar-refractivity contribution < 1.29 is 23.1 Å². The summed E-state index contributed by atoms with van der Waals surface area (Å²) in [6, 6.07) is 1.73. The van der Waals surface area contributed by atoms with Crippen molar-refractivity contribution >= 4 is 5.91 Å². The molecule has 1 aromatic heterocycles. The molecule has 27 heavy (non-hydrogen) atoms. The average Bonchev–Trinajstić information content (AvgIpc) is 2.54. The number of aliphatic hydroxyl groups excluding tert-OH is 1. The number of nitrogens with zero attached hydrogens (tertiary/aromatic N) is 1. The molecular formula is C19H21F3N2O3. The van der Waals surface area contributed by atoms with Crippen LogP contribution in [0.2, 0.25) is 0 Å². The van der Waals surface area contributed by atoms with E-state index in [-0.39, 0.29) is 30.6 Å². The van der Waals surface area contributed by atoms with Gasteiger partial charge >= 0.3 is 6.18 Å². The zero-order valence-corrected chi connectivity index (χ0v) is 15.3. The number of pyridine rings is 1. The molecule has 0 radical (unpaired) electrons. The highest BCUT2D eigenvalue weighted by Crippen LogP contribution is 2.38. The number of aliphatic hydroxyl groups is 1. The Morgan fingerprint density at radius 3 is 2.52 bits per heavy atom. The van der Waals surface area contributed by atoms with Crippen molar-refractivity contribution in [3.8, 4) is 0 Å². The van der Waals surface area contributed by atoms with E-state index in [2.05, 4.69) is 11.6 Å². The van der Waals surface area contributed by atoms with E-state index < -0.39 is 29.0 Å². The minimum atomic E-state index is -4.93. The Labute approximate surface area is 154 Å². The Balaban J connectivity index is 2.53. The van der Waals surface area contributed by atoms with Crippen LogP contribution in [0.3, 0.4) is 0 Å². The lowest BCUT2D eigenvalue weighted by Gasteiger charge is -2.32. The lowest BCUT2D eigenvalue weighted by atomic mass is 9.91. The normalized spacial score (nSPS) is 18.1. The average molecular weight is 382 g/mol. The zero-order valence-electron chi connectivity index (χ0n) is 15.3. The number of carbonyl (C=O) groups excluding carboxylic acids is 1. The number of carbonyl (C=O) groups is 1. The summed E-state index contributed by atoms with van der Waals surface area (Å²) in [5, 5.41) is 9.75. The first kappa shape index (κ1) is 20.5. The lowest BCUT2D eigenvalue weighted by Crippen LogP contribution is -2.40. The Kier molecular flexibility index (Phi) is 5.67. The van der Waals surface area contributed by atoms with Crippen LogP contribution in [-0.2, 0) is 11.3 Å². The summed E-state index contributed by atoms with van der Waals surface area (Å²) in [6.45, 7) is 8.24. The van der Waals surface area contributed by atoms with Crippen LogP contribution in [0, 0.1) is 13.8 Å². The number of amides is 1. The number of hydrogen-bond donors (Lipinski definition) is 2. The van der Waals surface area contributed by atoms with E-state index >= 15 is 0 Å². The number of allylic oxidation sites excluding steroid dienone is 2. The van der Waals surface area contributed by atoms with E-state index in [1.807, 2.05) is 0 Å². The first-order valence-electron chi connectivity index (χ1n) is 8.31. The number of nitrogens with one attached hydrogen (secondary N) is 1. The minimum absolute atomic E-state index is 0.00603. The Morgan fingerprint density at radius 2 is 2.00 bits per heavy atom. The largest absolute Gasteiger partial charge is 0.508 e. The molecule has 1 aliphatic heterocycles. The molecule has 1 amide bonds. The molecule has 8 heteroatoms. The standard InChI is InChI=1S/C19H21F3N2O3/c1-5-14(25)16(19(20,21)22)15-10(2)6-7-24(18(15)27)9-13-11(3)8-12(4)23-17(13)26/h5,8,25H,2,6-7,9H2,1,3-4H3,(H,23,26)/b14-5+,16-15-. The highest BCUT2D eigenvalue weighted by Gasteiger charge is 2.43. The number of aromatic nitrogens is 1. The fourth-order valence-corrected chi connectivity index (χ4v) is 3.07. The second kappa shape index (κ2) is 7.46. The summed E-state index contributed by atoms with van der Waals surface area (Å²) >= 11 is 0. The maximum atomic E-state index is 13.5. The van der Waals surface area contributed by atoms with E-state index in [1.54, 1.807) is 19.9 Å². The maximum absolute atomic E-state index is 13.5. The predicted octanol–water partition coefficient (Wildman–Crippen LogP) is 3.60. The Bertz CT molecular complexity index is 908. The van der Waals surface area contributed by atoms with Crippen molar-refractivity contribution in [1.82, 2.24) is 9.88 Å². The third kappa shape index (κ3) is 4.15. The molecule has 146 valence electrons. The molecule has 1 aromatic rings. The molecule has 0 bridgehead atoms. The van der Waals surface area contributed by atoms with E-state index in [0.717, 1.165) is 6.08 Å². The molecule has 0 unspecified atom stereocenters. The summed E-state index contributed by atoms with van der Waals surface area (Å²) in [6.07, 6.45) is -3.94. The topological polar surface area (TPSA) is 73.4 Å². The molecule has 2 heterocycles. The van der Waals surface area contributed by atoms with Crippen LogP contribution < -0.4 is 5.56 Å². The number of hydrogen-bond acceptors (Lipinski definition) is 3. The fraction of sp³-hybridized carbons (Fsp3) is 0.368. The van der Waals surface area contributed by atoms with Gasteiger partial charge in [0.2, 0.25) is 0 Å². The van der Waals surface area contributed by atoms with Gasteiger partial charge in [0.25, 0.3) is 11.5 Å². The molecule has 0 aliphatic carbocycles. The Morgan fingerprint density at radius 1 is 1.37 bits per heavy atom. The number of rotatable bonds is 3. The van der Waals surface area contributed by atoms with Crippen molar-refractivity contribution in [1.29, 1.82) is 0 Å². The number of aryl methyl sites for hydroxylation is 2. The van der Waals surface area contributed by atoms with E-state index in [0.29, 0.717) is 16.8 Å². The summed E-state index contributed by atoms with van der Waals surface area (Å²) in [7, 11) is 0. The van der Waals surface area contributed by atoms with Gasteiger partial charge in [-0.3, -0.25) is 9.59 Å². The molecule has 1 aliphatic rings. The number of halogens is 3. The molecule has 1 saturated heterocycles. The number of likely N-dealkylation sites (tertiary alicyclic amines) is 1. The quantitative estimate of drug-likeness (QED) is 0.620. The van der Waals surface area contributed by atoms with Crippen molar-refractivity contribution in [3.05, 3.63) is 68.4 Å². The second-order valence-corrected chi connectivity index (χ2v) is 6.44. The van der Waals surface area contributed by atoms with E-state index in [9.17, 15) is 27.9 Å². The van der Waals surface area contributed by atoms with Gasteiger partial charge in [0.1, 0.15) is 11.3 Å². The first-order valence-corrected chi connectivity index (χ1v) is 8.31. The number of aromatic amines is 1. The molecule has 1 fully saturated rings. The third-order valence-corrected chi connectivity index (χ3v) is 4.44. The van der Waals surface area contributed by atoms with Crippen LogP contribution in [0.25, 0.3) is 0 Å². The third-order valence-electron chi connectivity index (χ3n) is 4.44. The predicted molar refractivity (Wildman–Crippen MR) is 95.2 cm³/mol. The first-order chi connectivity index (χ1) is 12.5. The van der Waals surface area contributed by atoms with Gasteiger partial charge in [-0.1, -0.05) is 6.58 Å². The molecule has 0 saturated carbocycles. The monoisotopic (exact) mass is 382 g/mol. The number of alkyl halides is 3. The SMILES string of the molecule is C=C1CCN(Cc2c(C)cc(C)[nH]c2=O)C(=O)/C1=C(/C(O)=C\C)C(F)(F)F. The summed E-state index contributed by atoms with van der Waals surface area (Å²) in [5.74, 6) is -1.94. The van der Waals surface area contributed by atoms with Crippen molar-refractivity contribution in [2.24, 2.45) is 0 Å². The Hall–Kier alpha value is -2.77. The summed E-state index contributed by atoms with van der Waals surface area (Å²) in [4.78, 5) is 28.8. The van der Waals surface area contributed by atoms with Crippen LogP contribution in [0.5, 0.6) is 0 Å². The number of H-pyrrole nitrogens is 1. The van der Waals surface area contributed by atoms with E-state index in [4.69, 9.17) is 0 Å². The van der Waals surface area contributed by atoms with Gasteiger partial charge in [-0.2, -0.15) is 13.2 Å². The molecule has 0 atom stereocenters. The molecule has 0 aromatic carbocycles. The van der Waals surface area contributed by atoms with Crippen LogP contribution in [-0.4, -0.2) is 33.6 Å². The van der Waals surface area contributed by atoms with Gasteiger partial charge in [-0.25, -0.2) is 0 Å². The number of piperidine rings is 1. The van der Waals surface area contributed by atoms with Crippen molar-refractivity contribution in [2.45, 2.75) is 39.9 Å². The van der Waals surface area contributed by atoms with Crippen molar-refractivity contribution in [2.75, 3.05) is 6.54 Å². The van der Waals surface area contributed by atoms with Gasteiger partial charge in [0.15, 0.2) is 0 Å². The van der Waals surface area contributed by atoms with Gasteiger partial charge in [0.05, 0.1) is 12.1 Å². The maximum Gasteiger partial charge on any atom is 0.420 e. The summed E-state index contributed by atoms with van der Waals surface area (Å²) < 4.78 is 40.5. The van der Waals surface area contributed by atoms with Crippen LogP contribution in [0.4, 0.5) is 13.2 Å². The van der Waals surface area contributed by atoms with Gasteiger partial charge in [-0.15, -0.1) is 0 Å². The zero-order chi connectivity index (χ0) is 20.5. The minimum Gasteiger partial charge on any atom is -0.508 e.